The zero-order chi connectivity index (χ0) is 25.1. The van der Waals surface area contributed by atoms with Crippen molar-refractivity contribution in [3.63, 3.8) is 0 Å². The smallest absolute Gasteiger partial charge is 0.225 e. The number of halogens is 1. The van der Waals surface area contributed by atoms with Crippen LogP contribution in [0.1, 0.15) is 80.3 Å². The standard InChI is InChI=1S/C26H30ClN3O5/c1-14(2)10-18-13-21(34-29-18)26-24(16-5-6-16)25(30-35-26)17(7-9-23(32)33)12-22(31)28-20-8-4-15(3)11-19(20)27/h4,8,11,13-14,16-17H,5-7,9-10,12H2,1-3H3,(H,28,31)(H,32,33)/p-1/t17-/m0/s1. The second-order valence-corrected chi connectivity index (χ2v) is 10.1. The maximum absolute atomic E-state index is 12.9. The lowest BCUT2D eigenvalue weighted by Crippen LogP contribution is -2.24. The number of aromatic nitrogens is 2. The fourth-order valence-electron chi connectivity index (χ4n) is 4.26. The summed E-state index contributed by atoms with van der Waals surface area (Å²) in [7, 11) is 0. The molecule has 2 aromatic heterocycles. The number of hydrogen-bond acceptors (Lipinski definition) is 7. The first-order chi connectivity index (χ1) is 16.7. The molecule has 1 aliphatic carbocycles. The van der Waals surface area contributed by atoms with Gasteiger partial charge in [0.2, 0.25) is 17.4 Å². The number of carboxylic acid groups (broad SMARTS) is 1. The molecule has 1 aliphatic rings. The molecule has 0 spiro atoms. The Labute approximate surface area is 209 Å². The molecule has 1 atom stereocenters. The normalized spacial score (nSPS) is 14.3. The van der Waals surface area contributed by atoms with Crippen molar-refractivity contribution in [2.45, 2.75) is 71.1 Å². The predicted octanol–water partition coefficient (Wildman–Crippen LogP) is 5.01. The van der Waals surface area contributed by atoms with Gasteiger partial charge in [0.25, 0.3) is 0 Å². The van der Waals surface area contributed by atoms with Gasteiger partial charge in [-0.3, -0.25) is 4.79 Å². The Bertz CT molecular complexity index is 1210. The highest BCUT2D eigenvalue weighted by atomic mass is 35.5. The van der Waals surface area contributed by atoms with Crippen molar-refractivity contribution in [1.82, 2.24) is 10.3 Å². The van der Waals surface area contributed by atoms with Gasteiger partial charge in [-0.15, -0.1) is 0 Å². The summed E-state index contributed by atoms with van der Waals surface area (Å²) >= 11 is 6.27. The Balaban J connectivity index is 1.60. The van der Waals surface area contributed by atoms with Crippen LogP contribution in [0.15, 0.2) is 33.3 Å². The van der Waals surface area contributed by atoms with Crippen molar-refractivity contribution in [3.05, 3.63) is 51.8 Å². The van der Waals surface area contributed by atoms with Crippen LogP contribution in [0.25, 0.3) is 11.5 Å². The Morgan fingerprint density at radius 3 is 2.63 bits per heavy atom. The van der Waals surface area contributed by atoms with E-state index in [-0.39, 0.29) is 31.1 Å². The predicted molar refractivity (Wildman–Crippen MR) is 129 cm³/mol. The monoisotopic (exact) mass is 498 g/mol. The molecule has 1 amide bonds. The summed E-state index contributed by atoms with van der Waals surface area (Å²) in [5.41, 5.74) is 3.78. The van der Waals surface area contributed by atoms with Crippen molar-refractivity contribution < 1.29 is 23.7 Å². The van der Waals surface area contributed by atoms with E-state index in [1.165, 1.54) is 0 Å². The molecule has 1 fully saturated rings. The van der Waals surface area contributed by atoms with Gasteiger partial charge in [-0.2, -0.15) is 0 Å². The zero-order valence-corrected chi connectivity index (χ0v) is 20.9. The molecule has 9 heteroatoms. The maximum atomic E-state index is 12.9. The minimum atomic E-state index is -1.18. The van der Waals surface area contributed by atoms with Gasteiger partial charge in [-0.1, -0.05) is 41.8 Å². The van der Waals surface area contributed by atoms with Crippen LogP contribution in [0.4, 0.5) is 5.69 Å². The van der Waals surface area contributed by atoms with Crippen molar-refractivity contribution in [1.29, 1.82) is 0 Å². The van der Waals surface area contributed by atoms with E-state index >= 15 is 0 Å². The fraction of sp³-hybridized carbons (Fsp3) is 0.462. The van der Waals surface area contributed by atoms with Gasteiger partial charge in [-0.25, -0.2) is 0 Å². The third-order valence-electron chi connectivity index (χ3n) is 6.06. The van der Waals surface area contributed by atoms with Crippen molar-refractivity contribution in [2.75, 3.05) is 5.32 Å². The molecule has 4 rings (SSSR count). The summed E-state index contributed by atoms with van der Waals surface area (Å²) in [6.45, 7) is 6.12. The number of nitrogens with one attached hydrogen (secondary N) is 1. The van der Waals surface area contributed by atoms with Crippen LogP contribution >= 0.6 is 11.6 Å². The summed E-state index contributed by atoms with van der Waals surface area (Å²) < 4.78 is 11.3. The SMILES string of the molecule is Cc1ccc(NC(=O)C[C@H](CCC(=O)[O-])c2noc(-c3cc(CC(C)C)no3)c2C2CC2)c(Cl)c1. The molecule has 0 saturated heterocycles. The molecule has 1 aromatic carbocycles. The molecule has 0 bridgehead atoms. The summed E-state index contributed by atoms with van der Waals surface area (Å²) in [5.74, 6) is -0.281. The summed E-state index contributed by atoms with van der Waals surface area (Å²) in [4.78, 5) is 24.2. The molecule has 1 N–H and O–H groups in total. The highest BCUT2D eigenvalue weighted by Gasteiger charge is 2.37. The summed E-state index contributed by atoms with van der Waals surface area (Å²) in [6.07, 6.45) is 2.73. The van der Waals surface area contributed by atoms with Gasteiger partial charge in [0, 0.05) is 29.9 Å². The van der Waals surface area contributed by atoms with Gasteiger partial charge >= 0.3 is 0 Å². The molecule has 186 valence electrons. The largest absolute Gasteiger partial charge is 0.550 e. The lowest BCUT2D eigenvalue weighted by atomic mass is 9.90. The number of carboxylic acids is 1. The van der Waals surface area contributed by atoms with Crippen LogP contribution in [-0.2, 0) is 16.0 Å². The van der Waals surface area contributed by atoms with Gasteiger partial charge in [-0.05, 0) is 68.6 Å². The van der Waals surface area contributed by atoms with Gasteiger partial charge in [0.15, 0.2) is 0 Å². The molecule has 2 heterocycles. The summed E-state index contributed by atoms with van der Waals surface area (Å²) in [6, 6.07) is 7.23. The van der Waals surface area contributed by atoms with Crippen LogP contribution in [-0.4, -0.2) is 22.2 Å². The lowest BCUT2D eigenvalue weighted by Gasteiger charge is -2.17. The number of hydrogen-bond donors (Lipinski definition) is 1. The number of carbonyl (C=O) groups excluding carboxylic acids is 2. The van der Waals surface area contributed by atoms with Crippen LogP contribution in [0, 0.1) is 12.8 Å². The quantitative estimate of drug-likeness (QED) is 0.394. The first-order valence-corrected chi connectivity index (χ1v) is 12.3. The number of benzene rings is 1. The van der Waals surface area contributed by atoms with Crippen molar-refractivity contribution >= 4 is 29.2 Å². The minimum absolute atomic E-state index is 0.0260. The molecule has 1 saturated carbocycles. The highest BCUT2D eigenvalue weighted by molar-refractivity contribution is 6.33. The van der Waals surface area contributed by atoms with Crippen LogP contribution in [0.5, 0.6) is 0 Å². The van der Waals surface area contributed by atoms with Gasteiger partial charge < -0.3 is 24.3 Å². The molecule has 35 heavy (non-hydrogen) atoms. The van der Waals surface area contributed by atoms with Gasteiger partial charge in [0.05, 0.1) is 22.1 Å². The number of aryl methyl sites for hydroxylation is 1. The van der Waals surface area contributed by atoms with E-state index in [1.807, 2.05) is 19.1 Å². The second-order valence-electron chi connectivity index (χ2n) is 9.71. The topological polar surface area (TPSA) is 121 Å². The number of nitrogens with zero attached hydrogens (tertiary/aromatic N) is 2. The van der Waals surface area contributed by atoms with Crippen molar-refractivity contribution in [3.8, 4) is 11.5 Å². The third kappa shape index (κ3) is 6.31. The average Bonchev–Trinajstić information content (AvgIpc) is 3.36. The molecule has 0 unspecified atom stereocenters. The number of rotatable bonds is 11. The van der Waals surface area contributed by atoms with Crippen LogP contribution < -0.4 is 10.4 Å². The van der Waals surface area contributed by atoms with E-state index < -0.39 is 11.9 Å². The Morgan fingerprint density at radius 1 is 1.20 bits per heavy atom. The van der Waals surface area contributed by atoms with Crippen molar-refractivity contribution in [2.24, 2.45) is 5.92 Å². The molecule has 3 aromatic rings. The number of carbonyl (C=O) groups is 2. The van der Waals surface area contributed by atoms with Crippen LogP contribution in [0.2, 0.25) is 5.02 Å². The zero-order valence-electron chi connectivity index (χ0n) is 20.1. The van der Waals surface area contributed by atoms with E-state index in [4.69, 9.17) is 20.6 Å². The maximum Gasteiger partial charge on any atom is 0.225 e. The van der Waals surface area contributed by atoms with Gasteiger partial charge in [0.1, 0.15) is 0 Å². The third-order valence-corrected chi connectivity index (χ3v) is 6.37. The second kappa shape index (κ2) is 10.6. The minimum Gasteiger partial charge on any atom is -0.550 e. The first kappa shape index (κ1) is 25.0. The number of amides is 1. The number of aliphatic carboxylic acids is 1. The lowest BCUT2D eigenvalue weighted by molar-refractivity contribution is -0.305. The van der Waals surface area contributed by atoms with Crippen LogP contribution in [0.3, 0.4) is 0 Å². The van der Waals surface area contributed by atoms with E-state index in [0.29, 0.717) is 33.8 Å². The fourth-order valence-corrected chi connectivity index (χ4v) is 4.54. The molecule has 0 radical (unpaired) electrons. The molecule has 8 nitrogen and oxygen atoms in total. The Kier molecular flexibility index (Phi) is 7.60. The molecular formula is C26H29ClN3O5-. The average molecular weight is 499 g/mol. The highest BCUT2D eigenvalue weighted by Crippen LogP contribution is 2.49. The Hall–Kier alpha value is -3.13. The van der Waals surface area contributed by atoms with E-state index in [0.717, 1.165) is 36.1 Å². The molecule has 0 aliphatic heterocycles. The summed E-state index contributed by atoms with van der Waals surface area (Å²) in [5, 5.41) is 23.0. The Morgan fingerprint density at radius 2 is 1.97 bits per heavy atom. The van der Waals surface area contributed by atoms with E-state index in [1.54, 1.807) is 12.1 Å². The number of anilines is 1. The van der Waals surface area contributed by atoms with E-state index in [9.17, 15) is 14.7 Å². The molecular weight excluding hydrogens is 470 g/mol. The van der Waals surface area contributed by atoms with E-state index in [2.05, 4.69) is 29.5 Å². The first-order valence-electron chi connectivity index (χ1n) is 11.9.